The molecule has 3 nitrogen and oxygen atoms in total. The van der Waals surface area contributed by atoms with Crippen molar-refractivity contribution in [2.75, 3.05) is 0 Å². The number of halogens is 2. The van der Waals surface area contributed by atoms with Gasteiger partial charge in [-0.3, -0.25) is 0 Å². The molecular formula is C16H9BrClN3. The minimum atomic E-state index is 0.631. The SMILES string of the molecule is N#Cc1ccc(-c2nn(-c3ccc(Cl)cc3)cc2Br)cc1. The molecule has 1 aromatic heterocycles. The molecule has 0 radical (unpaired) electrons. The lowest BCUT2D eigenvalue weighted by atomic mass is 10.1. The van der Waals surface area contributed by atoms with Crippen molar-refractivity contribution < 1.29 is 0 Å². The summed E-state index contributed by atoms with van der Waals surface area (Å²) in [6.45, 7) is 0. The molecule has 2 aromatic carbocycles. The van der Waals surface area contributed by atoms with E-state index in [1.54, 1.807) is 16.8 Å². The average Bonchev–Trinajstić information content (AvgIpc) is 2.90. The molecule has 0 saturated heterocycles. The third kappa shape index (κ3) is 2.85. The van der Waals surface area contributed by atoms with Crippen LogP contribution in [0.1, 0.15) is 5.56 Å². The van der Waals surface area contributed by atoms with Gasteiger partial charge in [0.15, 0.2) is 0 Å². The van der Waals surface area contributed by atoms with Gasteiger partial charge in [0.05, 0.1) is 21.8 Å². The molecule has 0 aliphatic heterocycles. The summed E-state index contributed by atoms with van der Waals surface area (Å²) in [5.41, 5.74) is 3.34. The van der Waals surface area contributed by atoms with Crippen LogP contribution in [0.5, 0.6) is 0 Å². The van der Waals surface area contributed by atoms with Gasteiger partial charge >= 0.3 is 0 Å². The van der Waals surface area contributed by atoms with Crippen molar-refractivity contribution in [3.63, 3.8) is 0 Å². The van der Waals surface area contributed by atoms with Crippen molar-refractivity contribution in [1.29, 1.82) is 5.26 Å². The Morgan fingerprint density at radius 1 is 1.05 bits per heavy atom. The fourth-order valence-electron chi connectivity index (χ4n) is 1.98. The Morgan fingerprint density at radius 3 is 2.33 bits per heavy atom. The molecule has 0 spiro atoms. The molecule has 5 heteroatoms. The van der Waals surface area contributed by atoms with Crippen molar-refractivity contribution in [3.05, 3.63) is 69.8 Å². The maximum atomic E-state index is 8.84. The summed E-state index contributed by atoms with van der Waals surface area (Å²) in [7, 11) is 0. The molecular weight excluding hydrogens is 350 g/mol. The van der Waals surface area contributed by atoms with Gasteiger partial charge in [0.25, 0.3) is 0 Å². The second kappa shape index (κ2) is 5.72. The topological polar surface area (TPSA) is 41.6 Å². The Labute approximate surface area is 135 Å². The summed E-state index contributed by atoms with van der Waals surface area (Å²) in [5, 5.41) is 14.1. The highest BCUT2D eigenvalue weighted by Crippen LogP contribution is 2.28. The molecule has 0 atom stereocenters. The highest BCUT2D eigenvalue weighted by molar-refractivity contribution is 9.10. The first-order valence-electron chi connectivity index (χ1n) is 6.19. The van der Waals surface area contributed by atoms with Crippen LogP contribution in [0.25, 0.3) is 16.9 Å². The van der Waals surface area contributed by atoms with E-state index in [9.17, 15) is 0 Å². The third-order valence-corrected chi connectivity index (χ3v) is 3.88. The smallest absolute Gasteiger partial charge is 0.107 e. The first-order valence-corrected chi connectivity index (χ1v) is 7.36. The van der Waals surface area contributed by atoms with Gasteiger partial charge in [-0.15, -0.1) is 0 Å². The summed E-state index contributed by atoms with van der Waals surface area (Å²) in [6, 6.07) is 16.9. The van der Waals surface area contributed by atoms with E-state index in [1.165, 1.54) is 0 Å². The minimum absolute atomic E-state index is 0.631. The molecule has 0 fully saturated rings. The molecule has 0 bridgehead atoms. The molecule has 0 N–H and O–H groups in total. The second-order valence-electron chi connectivity index (χ2n) is 4.44. The lowest BCUT2D eigenvalue weighted by Gasteiger charge is -2.01. The predicted octanol–water partition coefficient (Wildman–Crippen LogP) is 4.83. The zero-order valence-corrected chi connectivity index (χ0v) is 13.1. The van der Waals surface area contributed by atoms with Gasteiger partial charge in [-0.25, -0.2) is 4.68 Å². The maximum Gasteiger partial charge on any atom is 0.107 e. The first kappa shape index (κ1) is 13.9. The van der Waals surface area contributed by atoms with Crippen molar-refractivity contribution in [1.82, 2.24) is 9.78 Å². The molecule has 3 aromatic rings. The summed E-state index contributed by atoms with van der Waals surface area (Å²) >= 11 is 9.42. The molecule has 0 aliphatic carbocycles. The van der Waals surface area contributed by atoms with E-state index < -0.39 is 0 Å². The van der Waals surface area contributed by atoms with Crippen LogP contribution in [0, 0.1) is 11.3 Å². The second-order valence-corrected chi connectivity index (χ2v) is 5.73. The van der Waals surface area contributed by atoms with E-state index in [-0.39, 0.29) is 0 Å². The van der Waals surface area contributed by atoms with Crippen LogP contribution in [0.15, 0.2) is 59.2 Å². The Balaban J connectivity index is 2.01. The maximum absolute atomic E-state index is 8.84. The quantitative estimate of drug-likeness (QED) is 0.658. The number of hydrogen-bond donors (Lipinski definition) is 0. The highest BCUT2D eigenvalue weighted by atomic mass is 79.9. The molecule has 0 saturated carbocycles. The Bertz CT molecular complexity index is 814. The van der Waals surface area contributed by atoms with Gasteiger partial charge < -0.3 is 0 Å². The van der Waals surface area contributed by atoms with E-state index in [2.05, 4.69) is 27.1 Å². The lowest BCUT2D eigenvalue weighted by molar-refractivity contribution is 0.884. The standard InChI is InChI=1S/C16H9BrClN3/c17-15-10-21(14-7-5-13(18)6-8-14)20-16(15)12-3-1-11(9-19)2-4-12/h1-8,10H. The van der Waals surface area contributed by atoms with Gasteiger partial charge in [-0.1, -0.05) is 23.7 Å². The largest absolute Gasteiger partial charge is 0.239 e. The average molecular weight is 359 g/mol. The van der Waals surface area contributed by atoms with E-state index in [1.807, 2.05) is 42.6 Å². The van der Waals surface area contributed by atoms with Crippen LogP contribution in [0.3, 0.4) is 0 Å². The van der Waals surface area contributed by atoms with Crippen molar-refractivity contribution in [3.8, 4) is 23.0 Å². The zero-order chi connectivity index (χ0) is 14.8. The predicted molar refractivity (Wildman–Crippen MR) is 86.4 cm³/mol. The number of aromatic nitrogens is 2. The molecule has 0 unspecified atom stereocenters. The lowest BCUT2D eigenvalue weighted by Crippen LogP contribution is -1.94. The van der Waals surface area contributed by atoms with Crippen LogP contribution in [-0.2, 0) is 0 Å². The Morgan fingerprint density at radius 2 is 1.71 bits per heavy atom. The summed E-state index contributed by atoms with van der Waals surface area (Å²) in [5.74, 6) is 0. The molecule has 1 heterocycles. The number of hydrogen-bond acceptors (Lipinski definition) is 2. The molecule has 3 rings (SSSR count). The molecule has 0 amide bonds. The van der Waals surface area contributed by atoms with E-state index in [4.69, 9.17) is 16.9 Å². The fourth-order valence-corrected chi connectivity index (χ4v) is 2.61. The molecule has 0 aliphatic rings. The summed E-state index contributed by atoms with van der Waals surface area (Å²) in [4.78, 5) is 0. The number of nitrogens with zero attached hydrogens (tertiary/aromatic N) is 3. The van der Waals surface area contributed by atoms with Crippen LogP contribution in [0.4, 0.5) is 0 Å². The first-order chi connectivity index (χ1) is 10.2. The Kier molecular flexibility index (Phi) is 3.78. The van der Waals surface area contributed by atoms with Gasteiger partial charge in [-0.2, -0.15) is 10.4 Å². The van der Waals surface area contributed by atoms with E-state index >= 15 is 0 Å². The summed E-state index contributed by atoms with van der Waals surface area (Å²) in [6.07, 6.45) is 1.90. The molecule has 102 valence electrons. The number of rotatable bonds is 2. The van der Waals surface area contributed by atoms with E-state index in [0.29, 0.717) is 10.6 Å². The van der Waals surface area contributed by atoms with Gasteiger partial charge in [0, 0.05) is 16.8 Å². The zero-order valence-electron chi connectivity index (χ0n) is 10.8. The fraction of sp³-hybridized carbons (Fsp3) is 0. The van der Waals surface area contributed by atoms with Crippen molar-refractivity contribution >= 4 is 27.5 Å². The van der Waals surface area contributed by atoms with Crippen LogP contribution in [-0.4, -0.2) is 9.78 Å². The van der Waals surface area contributed by atoms with Crippen LogP contribution < -0.4 is 0 Å². The number of benzene rings is 2. The summed E-state index contributed by atoms with van der Waals surface area (Å²) < 4.78 is 2.68. The van der Waals surface area contributed by atoms with Crippen LogP contribution in [0.2, 0.25) is 5.02 Å². The van der Waals surface area contributed by atoms with Gasteiger partial charge in [-0.05, 0) is 52.3 Å². The monoisotopic (exact) mass is 357 g/mol. The highest BCUT2D eigenvalue weighted by Gasteiger charge is 2.10. The molecule has 21 heavy (non-hydrogen) atoms. The van der Waals surface area contributed by atoms with Crippen molar-refractivity contribution in [2.45, 2.75) is 0 Å². The van der Waals surface area contributed by atoms with Crippen molar-refractivity contribution in [2.24, 2.45) is 0 Å². The minimum Gasteiger partial charge on any atom is -0.239 e. The van der Waals surface area contributed by atoms with Gasteiger partial charge in [0.1, 0.15) is 5.69 Å². The normalized spacial score (nSPS) is 10.3. The number of nitriles is 1. The van der Waals surface area contributed by atoms with E-state index in [0.717, 1.165) is 21.4 Å². The van der Waals surface area contributed by atoms with Crippen LogP contribution >= 0.6 is 27.5 Å². The third-order valence-electron chi connectivity index (χ3n) is 3.05. The van der Waals surface area contributed by atoms with Gasteiger partial charge in [0.2, 0.25) is 0 Å². The Hall–Kier alpha value is -2.09.